The molecule has 2 amide bonds. The number of anilines is 3. The van der Waals surface area contributed by atoms with E-state index in [1.165, 1.54) is 12.1 Å². The summed E-state index contributed by atoms with van der Waals surface area (Å²) in [5, 5.41) is 6.79. The van der Waals surface area contributed by atoms with Crippen molar-refractivity contribution in [2.45, 2.75) is 37.4 Å². The van der Waals surface area contributed by atoms with Crippen molar-refractivity contribution in [2.24, 2.45) is 5.73 Å². The van der Waals surface area contributed by atoms with Crippen molar-refractivity contribution < 1.29 is 13.2 Å². The van der Waals surface area contributed by atoms with Gasteiger partial charge in [-0.2, -0.15) is 0 Å². The van der Waals surface area contributed by atoms with Gasteiger partial charge in [-0.15, -0.1) is 0 Å². The van der Waals surface area contributed by atoms with E-state index in [0.717, 1.165) is 34.6 Å². The number of nitrogens with zero attached hydrogens (tertiary/aromatic N) is 1. The van der Waals surface area contributed by atoms with Crippen LogP contribution in [0.4, 0.5) is 21.9 Å². The summed E-state index contributed by atoms with van der Waals surface area (Å²) in [7, 11) is -3.96. The van der Waals surface area contributed by atoms with E-state index in [1.54, 1.807) is 12.1 Å². The number of para-hydroxylation sites is 1. The summed E-state index contributed by atoms with van der Waals surface area (Å²) >= 11 is 6.49. The van der Waals surface area contributed by atoms with Crippen LogP contribution in [0.25, 0.3) is 0 Å². The van der Waals surface area contributed by atoms with Gasteiger partial charge in [0.1, 0.15) is 6.17 Å². The Morgan fingerprint density at radius 3 is 2.40 bits per heavy atom. The summed E-state index contributed by atoms with van der Waals surface area (Å²) in [6, 6.07) is 19.2. The van der Waals surface area contributed by atoms with Crippen LogP contribution in [0.3, 0.4) is 0 Å². The highest BCUT2D eigenvalue weighted by atomic mass is 35.5. The quantitative estimate of drug-likeness (QED) is 0.356. The molecule has 5 N–H and O–H groups in total. The lowest BCUT2D eigenvalue weighted by atomic mass is 10.1. The predicted octanol–water partition coefficient (Wildman–Crippen LogP) is 4.33. The number of fused-ring (bicyclic) bond motifs is 1. The second kappa shape index (κ2) is 10.6. The lowest BCUT2D eigenvalue weighted by Gasteiger charge is -2.26. The maximum Gasteiger partial charge on any atom is 0.328 e. The Morgan fingerprint density at radius 2 is 1.74 bits per heavy atom. The number of rotatable bonds is 8. The molecule has 3 aromatic rings. The fourth-order valence-electron chi connectivity index (χ4n) is 4.04. The van der Waals surface area contributed by atoms with Gasteiger partial charge in [-0.25, -0.2) is 17.9 Å². The number of sulfonamides is 1. The van der Waals surface area contributed by atoms with Crippen molar-refractivity contribution in [3.05, 3.63) is 82.9 Å². The number of hydrogen-bond donors (Lipinski definition) is 4. The number of benzene rings is 3. The van der Waals surface area contributed by atoms with E-state index in [9.17, 15) is 13.2 Å². The molecule has 10 heteroatoms. The monoisotopic (exact) mass is 513 g/mol. The molecule has 8 nitrogen and oxygen atoms in total. The topological polar surface area (TPSA) is 117 Å². The van der Waals surface area contributed by atoms with Crippen LogP contribution in [0.15, 0.2) is 71.6 Å². The number of halogens is 1. The molecule has 0 aliphatic carbocycles. The van der Waals surface area contributed by atoms with Crippen molar-refractivity contribution >= 4 is 44.7 Å². The van der Waals surface area contributed by atoms with Gasteiger partial charge in [0, 0.05) is 18.8 Å². The molecule has 1 atom stereocenters. The molecule has 0 bridgehead atoms. The van der Waals surface area contributed by atoms with Gasteiger partial charge in [0.2, 0.25) is 0 Å². The maximum atomic E-state index is 12.4. The Kier molecular flexibility index (Phi) is 7.49. The predicted molar refractivity (Wildman–Crippen MR) is 139 cm³/mol. The Labute approximate surface area is 210 Å². The van der Waals surface area contributed by atoms with E-state index in [-0.39, 0.29) is 17.6 Å². The summed E-state index contributed by atoms with van der Waals surface area (Å²) in [4.78, 5) is 14.3. The zero-order valence-corrected chi connectivity index (χ0v) is 20.9. The van der Waals surface area contributed by atoms with Crippen molar-refractivity contribution in [1.29, 1.82) is 0 Å². The smallest absolute Gasteiger partial charge is 0.328 e. The van der Waals surface area contributed by atoms with Crippen LogP contribution in [0, 0.1) is 0 Å². The first-order valence-corrected chi connectivity index (χ1v) is 13.2. The summed E-state index contributed by atoms with van der Waals surface area (Å²) in [5.41, 5.74) is 10.3. The van der Waals surface area contributed by atoms with Crippen molar-refractivity contribution in [3.8, 4) is 0 Å². The van der Waals surface area contributed by atoms with Crippen molar-refractivity contribution in [1.82, 2.24) is 10.0 Å². The Balaban J connectivity index is 1.34. The van der Waals surface area contributed by atoms with Gasteiger partial charge >= 0.3 is 6.03 Å². The molecule has 1 aliphatic heterocycles. The molecular weight excluding hydrogens is 486 g/mol. The largest absolute Gasteiger partial charge is 0.363 e. The zero-order valence-electron chi connectivity index (χ0n) is 19.3. The molecular formula is C25H28ClN5O3S. The molecule has 0 spiro atoms. The average molecular weight is 514 g/mol. The van der Waals surface area contributed by atoms with E-state index in [1.807, 2.05) is 47.2 Å². The zero-order chi connectivity index (χ0) is 25.0. The minimum atomic E-state index is -3.96. The average Bonchev–Trinajstić information content (AvgIpc) is 3.24. The summed E-state index contributed by atoms with van der Waals surface area (Å²) < 4.78 is 26.8. The minimum absolute atomic E-state index is 0.00361. The van der Waals surface area contributed by atoms with Gasteiger partial charge in [0.25, 0.3) is 10.0 Å². The van der Waals surface area contributed by atoms with Gasteiger partial charge in [0.15, 0.2) is 0 Å². The Hall–Kier alpha value is -3.27. The lowest BCUT2D eigenvalue weighted by molar-refractivity contribution is 0.246. The summed E-state index contributed by atoms with van der Waals surface area (Å²) in [6.45, 7) is 2.71. The fourth-order valence-corrected chi connectivity index (χ4v) is 5.23. The SMILES string of the molecule is CCC1Nc2cccc(Cl)c2N1c1ccc(CCNC(=O)NS(=O)(=O)c2ccc(CN)cc2)cc1. The van der Waals surface area contributed by atoms with Crippen LogP contribution in [0.2, 0.25) is 5.02 Å². The third-order valence-electron chi connectivity index (χ3n) is 5.86. The number of nitrogens with two attached hydrogens (primary N) is 1. The number of carbonyl (C=O) groups excluding carboxylic acids is 1. The number of hydrogen-bond acceptors (Lipinski definition) is 6. The van der Waals surface area contributed by atoms with E-state index < -0.39 is 16.1 Å². The molecule has 1 heterocycles. The van der Waals surface area contributed by atoms with E-state index >= 15 is 0 Å². The Morgan fingerprint density at radius 1 is 1.06 bits per heavy atom. The highest BCUT2D eigenvalue weighted by Gasteiger charge is 2.30. The standard InChI is InChI=1S/C25H28ClN5O3S/c1-2-23-29-22-5-3-4-21(26)24(22)31(23)19-10-6-17(7-11-19)14-15-28-25(32)30-35(33,34)20-12-8-18(16-27)9-13-20/h3-13,23,29H,2,14-16,27H2,1H3,(H2,28,30,32). The van der Waals surface area contributed by atoms with Crippen LogP contribution >= 0.6 is 11.6 Å². The highest BCUT2D eigenvalue weighted by molar-refractivity contribution is 7.90. The van der Waals surface area contributed by atoms with Crippen LogP contribution in [-0.2, 0) is 23.0 Å². The third kappa shape index (κ3) is 5.53. The molecule has 0 radical (unpaired) electrons. The molecule has 0 saturated heterocycles. The van der Waals surface area contributed by atoms with Crippen molar-refractivity contribution in [2.75, 3.05) is 16.8 Å². The van der Waals surface area contributed by atoms with Gasteiger partial charge in [-0.05, 0) is 60.4 Å². The molecule has 4 rings (SSSR count). The van der Waals surface area contributed by atoms with Gasteiger partial charge in [0.05, 0.1) is 21.3 Å². The second-order valence-electron chi connectivity index (χ2n) is 8.20. The first kappa shape index (κ1) is 24.8. The molecule has 0 fully saturated rings. The normalized spacial score (nSPS) is 14.8. The van der Waals surface area contributed by atoms with E-state index in [2.05, 4.69) is 22.5 Å². The van der Waals surface area contributed by atoms with Crippen LogP contribution in [-0.4, -0.2) is 27.2 Å². The van der Waals surface area contributed by atoms with E-state index in [4.69, 9.17) is 17.3 Å². The summed E-state index contributed by atoms with van der Waals surface area (Å²) in [5.74, 6) is 0. The number of nitrogens with one attached hydrogen (secondary N) is 3. The van der Waals surface area contributed by atoms with Crippen LogP contribution in [0.5, 0.6) is 0 Å². The van der Waals surface area contributed by atoms with Gasteiger partial charge in [-0.1, -0.05) is 48.9 Å². The molecule has 3 aromatic carbocycles. The van der Waals surface area contributed by atoms with E-state index in [0.29, 0.717) is 18.0 Å². The third-order valence-corrected chi connectivity index (χ3v) is 7.51. The molecule has 1 unspecified atom stereocenters. The minimum Gasteiger partial charge on any atom is -0.363 e. The summed E-state index contributed by atoms with van der Waals surface area (Å²) in [6.07, 6.45) is 1.55. The highest BCUT2D eigenvalue weighted by Crippen LogP contribution is 2.45. The number of carbonyl (C=O) groups is 1. The second-order valence-corrected chi connectivity index (χ2v) is 10.3. The molecule has 0 aromatic heterocycles. The molecule has 184 valence electrons. The fraction of sp³-hybridized carbons (Fsp3) is 0.240. The Bertz CT molecular complexity index is 1300. The maximum absolute atomic E-state index is 12.4. The van der Waals surface area contributed by atoms with Crippen LogP contribution in [0.1, 0.15) is 24.5 Å². The van der Waals surface area contributed by atoms with Crippen LogP contribution < -0.4 is 26.0 Å². The van der Waals surface area contributed by atoms with Gasteiger partial charge in [-0.3, -0.25) is 0 Å². The molecule has 1 aliphatic rings. The molecule has 35 heavy (non-hydrogen) atoms. The number of amides is 2. The van der Waals surface area contributed by atoms with Crippen molar-refractivity contribution in [3.63, 3.8) is 0 Å². The van der Waals surface area contributed by atoms with Gasteiger partial charge < -0.3 is 21.3 Å². The lowest BCUT2D eigenvalue weighted by Crippen LogP contribution is -2.40. The first-order valence-electron chi connectivity index (χ1n) is 11.3. The molecule has 0 saturated carbocycles. The number of urea groups is 1. The first-order chi connectivity index (χ1) is 16.8.